The molecule has 0 unspecified atom stereocenters. The molecule has 0 aliphatic carbocycles. The molecule has 92 valence electrons. The van der Waals surface area contributed by atoms with E-state index in [1.165, 1.54) is 0 Å². The van der Waals surface area contributed by atoms with Crippen LogP contribution in [-0.2, 0) is 0 Å². The van der Waals surface area contributed by atoms with Crippen LogP contribution in [0.1, 0.15) is 16.8 Å². The van der Waals surface area contributed by atoms with E-state index in [-0.39, 0.29) is 0 Å². The van der Waals surface area contributed by atoms with Crippen LogP contribution in [-0.4, -0.2) is 10.8 Å². The Hall–Kier alpha value is -1.86. The van der Waals surface area contributed by atoms with Crippen molar-refractivity contribution in [1.82, 2.24) is 4.57 Å². The molecule has 0 fully saturated rings. The van der Waals surface area contributed by atoms with E-state index in [4.69, 9.17) is 11.0 Å². The molecule has 1 aromatic carbocycles. The van der Waals surface area contributed by atoms with Crippen LogP contribution in [0, 0.1) is 25.2 Å². The summed E-state index contributed by atoms with van der Waals surface area (Å²) in [5.41, 5.74) is 9.68. The predicted molar refractivity (Wildman–Crippen MR) is 76.2 cm³/mol. The molecule has 1 aromatic heterocycles. The van der Waals surface area contributed by atoms with E-state index in [0.29, 0.717) is 11.4 Å². The number of rotatable bonds is 2. The van der Waals surface area contributed by atoms with Gasteiger partial charge in [0.05, 0.1) is 11.3 Å². The summed E-state index contributed by atoms with van der Waals surface area (Å²) in [6.45, 7) is 3.92. The first-order valence-electron chi connectivity index (χ1n) is 5.62. The molecule has 1 heterocycles. The van der Waals surface area contributed by atoms with Crippen molar-refractivity contribution in [2.75, 3.05) is 12.0 Å². The molecule has 0 atom stereocenters. The SMILES string of the molecule is CSc1ccccc1-n1c(C)c(C)c(C#N)c1N. The Kier molecular flexibility index (Phi) is 3.35. The minimum Gasteiger partial charge on any atom is -0.384 e. The molecule has 0 saturated carbocycles. The fourth-order valence-electron chi connectivity index (χ4n) is 2.10. The number of anilines is 1. The lowest BCUT2D eigenvalue weighted by Gasteiger charge is -2.12. The first-order chi connectivity index (χ1) is 8.61. The van der Waals surface area contributed by atoms with E-state index < -0.39 is 0 Å². The second-order valence-corrected chi connectivity index (χ2v) is 4.94. The quantitative estimate of drug-likeness (QED) is 0.840. The van der Waals surface area contributed by atoms with Crippen molar-refractivity contribution in [3.63, 3.8) is 0 Å². The number of nitriles is 1. The Labute approximate surface area is 111 Å². The zero-order chi connectivity index (χ0) is 13.3. The Morgan fingerprint density at radius 3 is 2.50 bits per heavy atom. The lowest BCUT2D eigenvalue weighted by molar-refractivity contribution is 0.989. The van der Waals surface area contributed by atoms with Gasteiger partial charge in [0.25, 0.3) is 0 Å². The third-order valence-electron chi connectivity index (χ3n) is 3.19. The highest BCUT2D eigenvalue weighted by molar-refractivity contribution is 7.98. The molecular formula is C14H15N3S. The van der Waals surface area contributed by atoms with Gasteiger partial charge in [-0.3, -0.25) is 4.57 Å². The van der Waals surface area contributed by atoms with Crippen LogP contribution in [0.5, 0.6) is 0 Å². The molecule has 18 heavy (non-hydrogen) atoms. The van der Waals surface area contributed by atoms with Gasteiger partial charge in [-0.25, -0.2) is 0 Å². The van der Waals surface area contributed by atoms with Crippen LogP contribution in [0.25, 0.3) is 5.69 Å². The van der Waals surface area contributed by atoms with Crippen molar-refractivity contribution in [3.05, 3.63) is 41.1 Å². The van der Waals surface area contributed by atoms with E-state index in [2.05, 4.69) is 12.1 Å². The summed E-state index contributed by atoms with van der Waals surface area (Å²) in [5, 5.41) is 9.16. The van der Waals surface area contributed by atoms with Gasteiger partial charge >= 0.3 is 0 Å². The molecule has 2 aromatic rings. The fourth-order valence-corrected chi connectivity index (χ4v) is 2.68. The third kappa shape index (κ3) is 1.77. The maximum absolute atomic E-state index is 9.16. The van der Waals surface area contributed by atoms with Gasteiger partial charge in [0.2, 0.25) is 0 Å². The van der Waals surface area contributed by atoms with Gasteiger partial charge in [-0.1, -0.05) is 12.1 Å². The Morgan fingerprint density at radius 2 is 1.94 bits per heavy atom. The van der Waals surface area contributed by atoms with Gasteiger partial charge in [0, 0.05) is 10.6 Å². The Morgan fingerprint density at radius 1 is 1.28 bits per heavy atom. The molecule has 0 saturated heterocycles. The monoisotopic (exact) mass is 257 g/mol. The summed E-state index contributed by atoms with van der Waals surface area (Å²) < 4.78 is 1.96. The molecule has 2 N–H and O–H groups in total. The summed E-state index contributed by atoms with van der Waals surface area (Å²) in [7, 11) is 0. The van der Waals surface area contributed by atoms with Gasteiger partial charge in [-0.15, -0.1) is 11.8 Å². The van der Waals surface area contributed by atoms with E-state index in [0.717, 1.165) is 21.8 Å². The summed E-state index contributed by atoms with van der Waals surface area (Å²) >= 11 is 1.67. The highest BCUT2D eigenvalue weighted by Crippen LogP contribution is 2.32. The number of thioether (sulfide) groups is 1. The van der Waals surface area contributed by atoms with Gasteiger partial charge in [0.1, 0.15) is 11.9 Å². The predicted octanol–water partition coefficient (Wildman–Crippen LogP) is 3.27. The highest BCUT2D eigenvalue weighted by atomic mass is 32.2. The van der Waals surface area contributed by atoms with Gasteiger partial charge in [-0.05, 0) is 37.8 Å². The summed E-state index contributed by atoms with van der Waals surface area (Å²) in [5.74, 6) is 0.522. The van der Waals surface area contributed by atoms with Crippen LogP contribution in [0.3, 0.4) is 0 Å². The first-order valence-corrected chi connectivity index (χ1v) is 6.85. The number of para-hydroxylation sites is 1. The van der Waals surface area contributed by atoms with Crippen LogP contribution >= 0.6 is 11.8 Å². The van der Waals surface area contributed by atoms with Crippen LogP contribution < -0.4 is 5.73 Å². The average Bonchev–Trinajstić information content (AvgIpc) is 2.60. The molecule has 0 bridgehead atoms. The zero-order valence-corrected chi connectivity index (χ0v) is 11.5. The third-order valence-corrected chi connectivity index (χ3v) is 3.97. The van der Waals surface area contributed by atoms with E-state index in [1.807, 2.05) is 42.9 Å². The minimum atomic E-state index is 0.522. The second kappa shape index (κ2) is 4.79. The normalized spacial score (nSPS) is 10.3. The largest absolute Gasteiger partial charge is 0.384 e. The minimum absolute atomic E-state index is 0.522. The molecule has 3 nitrogen and oxygen atoms in total. The van der Waals surface area contributed by atoms with Crippen LogP contribution in [0.2, 0.25) is 0 Å². The molecule has 4 heteroatoms. The maximum Gasteiger partial charge on any atom is 0.126 e. The first kappa shape index (κ1) is 12.6. The van der Waals surface area contributed by atoms with Crippen molar-refractivity contribution < 1.29 is 0 Å². The van der Waals surface area contributed by atoms with E-state index >= 15 is 0 Å². The molecule has 0 amide bonds. The second-order valence-electron chi connectivity index (χ2n) is 4.09. The van der Waals surface area contributed by atoms with Gasteiger partial charge in [0.15, 0.2) is 0 Å². The van der Waals surface area contributed by atoms with Crippen LogP contribution in [0.4, 0.5) is 5.82 Å². The summed E-state index contributed by atoms with van der Waals surface area (Å²) in [6, 6.07) is 10.2. The topological polar surface area (TPSA) is 54.7 Å². The standard InChI is InChI=1S/C14H15N3S/c1-9-10(2)17(14(16)11(9)8-15)12-6-4-5-7-13(12)18-3/h4-7H,16H2,1-3H3. The highest BCUT2D eigenvalue weighted by Gasteiger charge is 2.17. The number of nitrogens with two attached hydrogens (primary N) is 1. The lowest BCUT2D eigenvalue weighted by Crippen LogP contribution is -2.03. The van der Waals surface area contributed by atoms with Gasteiger partial charge in [-0.2, -0.15) is 5.26 Å². The summed E-state index contributed by atoms with van der Waals surface area (Å²) in [6.07, 6.45) is 2.03. The number of benzene rings is 1. The number of hydrogen-bond acceptors (Lipinski definition) is 3. The number of hydrogen-bond donors (Lipinski definition) is 1. The zero-order valence-electron chi connectivity index (χ0n) is 10.7. The lowest BCUT2D eigenvalue weighted by atomic mass is 10.2. The number of nitrogen functional groups attached to an aromatic ring is 1. The number of nitrogens with zero attached hydrogens (tertiary/aromatic N) is 2. The van der Waals surface area contributed by atoms with Crippen LogP contribution in [0.15, 0.2) is 29.2 Å². The molecule has 0 radical (unpaired) electrons. The number of aromatic nitrogens is 1. The summed E-state index contributed by atoms with van der Waals surface area (Å²) in [4.78, 5) is 1.15. The van der Waals surface area contributed by atoms with Crippen molar-refractivity contribution in [2.45, 2.75) is 18.7 Å². The van der Waals surface area contributed by atoms with Crippen molar-refractivity contribution >= 4 is 17.6 Å². The smallest absolute Gasteiger partial charge is 0.126 e. The van der Waals surface area contributed by atoms with Crippen molar-refractivity contribution in [1.29, 1.82) is 5.26 Å². The van der Waals surface area contributed by atoms with Gasteiger partial charge < -0.3 is 5.73 Å². The average molecular weight is 257 g/mol. The fraction of sp³-hybridized carbons (Fsp3) is 0.214. The molecule has 0 aliphatic heterocycles. The molecule has 2 rings (SSSR count). The van der Waals surface area contributed by atoms with E-state index in [9.17, 15) is 0 Å². The molecular weight excluding hydrogens is 242 g/mol. The maximum atomic E-state index is 9.16. The van der Waals surface area contributed by atoms with E-state index in [1.54, 1.807) is 11.8 Å². The van der Waals surface area contributed by atoms with Crippen molar-refractivity contribution in [3.8, 4) is 11.8 Å². The molecule has 0 aliphatic rings. The molecule has 0 spiro atoms. The van der Waals surface area contributed by atoms with Crippen molar-refractivity contribution in [2.24, 2.45) is 0 Å². The Balaban J connectivity index is 2.77. The Bertz CT molecular complexity index is 635.